The summed E-state index contributed by atoms with van der Waals surface area (Å²) in [6.45, 7) is -0.611. The Bertz CT molecular complexity index is 1420. The monoisotopic (exact) mass is 526 g/mol. The molecular formula is C25H19FN2O8S. The molecular weight excluding hydrogens is 507 g/mol. The van der Waals surface area contributed by atoms with Crippen LogP contribution in [0.1, 0.15) is 21.9 Å². The van der Waals surface area contributed by atoms with Crippen molar-refractivity contribution in [3.8, 4) is 11.5 Å². The van der Waals surface area contributed by atoms with E-state index in [-0.39, 0.29) is 23.0 Å². The molecule has 1 saturated heterocycles. The van der Waals surface area contributed by atoms with Gasteiger partial charge in [0.05, 0.1) is 17.7 Å². The number of carboxylic acids is 1. The first kappa shape index (κ1) is 25.5. The summed E-state index contributed by atoms with van der Waals surface area (Å²) in [6, 6.07) is 13.1. The van der Waals surface area contributed by atoms with E-state index in [0.717, 1.165) is 4.90 Å². The highest BCUT2D eigenvalue weighted by Crippen LogP contribution is 2.35. The van der Waals surface area contributed by atoms with Gasteiger partial charge in [0.1, 0.15) is 24.7 Å². The van der Waals surface area contributed by atoms with Crippen LogP contribution in [0, 0.1) is 5.82 Å². The Balaban J connectivity index is 1.42. The summed E-state index contributed by atoms with van der Waals surface area (Å²) in [6.07, 6.45) is 1.47. The van der Waals surface area contributed by atoms with Crippen molar-refractivity contribution >= 4 is 46.5 Å². The minimum absolute atomic E-state index is 0.0448. The highest BCUT2D eigenvalue weighted by atomic mass is 32.2. The molecule has 2 heterocycles. The molecule has 12 heteroatoms. The fourth-order valence-electron chi connectivity index (χ4n) is 3.30. The van der Waals surface area contributed by atoms with Crippen molar-refractivity contribution in [2.45, 2.75) is 6.61 Å². The number of para-hydroxylation sites is 1. The number of hydrogen-bond donors (Lipinski definition) is 2. The van der Waals surface area contributed by atoms with Crippen LogP contribution in [0.25, 0.3) is 6.08 Å². The first-order chi connectivity index (χ1) is 17.7. The fourth-order valence-corrected chi connectivity index (χ4v) is 4.13. The fraction of sp³-hybridized carbons (Fsp3) is 0.120. The third-order valence-corrected chi connectivity index (χ3v) is 5.96. The molecule has 10 nitrogen and oxygen atoms in total. The number of thioether (sulfide) groups is 1. The van der Waals surface area contributed by atoms with E-state index in [1.165, 1.54) is 43.5 Å². The second-order valence-electron chi connectivity index (χ2n) is 7.57. The molecule has 3 amide bonds. The second kappa shape index (κ2) is 11.0. The Kier molecular flexibility index (Phi) is 7.58. The van der Waals surface area contributed by atoms with Crippen molar-refractivity contribution in [3.63, 3.8) is 0 Å². The predicted molar refractivity (Wildman–Crippen MR) is 131 cm³/mol. The lowest BCUT2D eigenvalue weighted by atomic mass is 10.2. The van der Waals surface area contributed by atoms with Gasteiger partial charge in [-0.05, 0) is 59.8 Å². The maximum atomic E-state index is 13.8. The highest BCUT2D eigenvalue weighted by Gasteiger charge is 2.36. The number of aromatic carboxylic acids is 1. The Hall–Kier alpha value is -4.58. The Morgan fingerprint density at radius 2 is 1.92 bits per heavy atom. The first-order valence-corrected chi connectivity index (χ1v) is 11.5. The smallest absolute Gasteiger partial charge is 0.371 e. The van der Waals surface area contributed by atoms with E-state index < -0.39 is 35.4 Å². The number of benzene rings is 2. The lowest BCUT2D eigenvalue weighted by Gasteiger charge is -2.13. The van der Waals surface area contributed by atoms with Crippen molar-refractivity contribution in [2.24, 2.45) is 0 Å². The number of methoxy groups -OCH3 is 1. The maximum absolute atomic E-state index is 13.8. The van der Waals surface area contributed by atoms with Gasteiger partial charge in [-0.1, -0.05) is 18.2 Å². The van der Waals surface area contributed by atoms with Crippen molar-refractivity contribution < 1.29 is 42.6 Å². The van der Waals surface area contributed by atoms with Crippen molar-refractivity contribution in [3.05, 3.63) is 82.4 Å². The Morgan fingerprint density at radius 3 is 2.62 bits per heavy atom. The minimum Gasteiger partial charge on any atom is -0.493 e. The maximum Gasteiger partial charge on any atom is 0.371 e. The molecule has 2 aromatic carbocycles. The summed E-state index contributed by atoms with van der Waals surface area (Å²) in [4.78, 5) is 49.2. The zero-order valence-corrected chi connectivity index (χ0v) is 20.0. The zero-order chi connectivity index (χ0) is 26.5. The molecule has 1 aliphatic heterocycles. The van der Waals surface area contributed by atoms with Crippen molar-refractivity contribution in [2.75, 3.05) is 19.0 Å². The molecule has 0 aliphatic carbocycles. The van der Waals surface area contributed by atoms with Gasteiger partial charge in [0.25, 0.3) is 11.1 Å². The molecule has 0 saturated carbocycles. The van der Waals surface area contributed by atoms with Gasteiger partial charge in [-0.2, -0.15) is 0 Å². The van der Waals surface area contributed by atoms with Crippen LogP contribution in [0.5, 0.6) is 11.5 Å². The van der Waals surface area contributed by atoms with Gasteiger partial charge in [-0.15, -0.1) is 0 Å². The molecule has 0 radical (unpaired) electrons. The van der Waals surface area contributed by atoms with Gasteiger partial charge in [-0.25, -0.2) is 9.18 Å². The number of hydrogen-bond acceptors (Lipinski definition) is 8. The third kappa shape index (κ3) is 5.98. The molecule has 0 unspecified atom stereocenters. The van der Waals surface area contributed by atoms with E-state index in [9.17, 15) is 23.6 Å². The average Bonchev–Trinajstić information content (AvgIpc) is 3.45. The number of carboxylic acid groups (broad SMARTS) is 1. The molecule has 4 rings (SSSR count). The number of halogens is 1. The van der Waals surface area contributed by atoms with E-state index in [4.69, 9.17) is 19.0 Å². The van der Waals surface area contributed by atoms with E-state index >= 15 is 0 Å². The van der Waals surface area contributed by atoms with Crippen LogP contribution in [0.4, 0.5) is 14.9 Å². The Labute approximate surface area is 213 Å². The summed E-state index contributed by atoms with van der Waals surface area (Å²) in [5, 5.41) is 10.6. The predicted octanol–water partition coefficient (Wildman–Crippen LogP) is 4.38. The standard InChI is InChI=1S/C25H19FN2O8S/c1-34-20-10-14(6-8-18(20)35-13-15-7-9-19(36-15)24(31)32)11-21-23(30)28(25(33)37-21)12-22(29)27-17-5-3-2-4-16(17)26/h2-11H,12-13H2,1H3,(H,27,29)(H,31,32)/b21-11-. The number of carbonyl (C=O) groups is 4. The van der Waals surface area contributed by atoms with E-state index in [1.54, 1.807) is 24.3 Å². The average molecular weight is 526 g/mol. The number of amides is 3. The molecule has 37 heavy (non-hydrogen) atoms. The number of nitrogens with zero attached hydrogens (tertiary/aromatic N) is 1. The van der Waals surface area contributed by atoms with Crippen LogP contribution in [-0.4, -0.2) is 46.7 Å². The molecule has 0 bridgehead atoms. The first-order valence-electron chi connectivity index (χ1n) is 10.7. The minimum atomic E-state index is -1.19. The molecule has 1 aliphatic rings. The third-order valence-electron chi connectivity index (χ3n) is 5.05. The number of imide groups is 1. The van der Waals surface area contributed by atoms with Gasteiger partial charge < -0.3 is 24.3 Å². The van der Waals surface area contributed by atoms with Crippen molar-refractivity contribution in [1.29, 1.82) is 0 Å². The van der Waals surface area contributed by atoms with Gasteiger partial charge in [0.2, 0.25) is 11.7 Å². The number of rotatable bonds is 9. The van der Waals surface area contributed by atoms with Crippen LogP contribution in [0.15, 0.2) is 63.9 Å². The number of ether oxygens (including phenoxy) is 2. The highest BCUT2D eigenvalue weighted by molar-refractivity contribution is 8.18. The molecule has 2 N–H and O–H groups in total. The molecule has 190 valence electrons. The number of furan rings is 1. The van der Waals surface area contributed by atoms with Crippen molar-refractivity contribution in [1.82, 2.24) is 4.90 Å². The van der Waals surface area contributed by atoms with Gasteiger partial charge in [-0.3, -0.25) is 19.3 Å². The van der Waals surface area contributed by atoms with Crippen LogP contribution in [-0.2, 0) is 16.2 Å². The molecule has 3 aromatic rings. The van der Waals surface area contributed by atoms with Crippen LogP contribution in [0.2, 0.25) is 0 Å². The second-order valence-corrected chi connectivity index (χ2v) is 8.56. The normalized spacial score (nSPS) is 14.2. The zero-order valence-electron chi connectivity index (χ0n) is 19.2. The molecule has 1 aromatic heterocycles. The summed E-state index contributed by atoms with van der Waals surface area (Å²) >= 11 is 0.670. The Morgan fingerprint density at radius 1 is 1.14 bits per heavy atom. The lowest BCUT2D eigenvalue weighted by molar-refractivity contribution is -0.127. The van der Waals surface area contributed by atoms with Crippen LogP contribution < -0.4 is 14.8 Å². The quantitative estimate of drug-likeness (QED) is 0.389. The van der Waals surface area contributed by atoms with Gasteiger partial charge >= 0.3 is 5.97 Å². The van der Waals surface area contributed by atoms with Gasteiger partial charge in [0.15, 0.2) is 11.5 Å². The lowest BCUT2D eigenvalue weighted by Crippen LogP contribution is -2.36. The molecule has 1 fully saturated rings. The number of carbonyl (C=O) groups excluding carboxylic acids is 3. The number of nitrogens with one attached hydrogen (secondary N) is 1. The molecule has 0 spiro atoms. The van der Waals surface area contributed by atoms with E-state index in [1.807, 2.05) is 0 Å². The SMILES string of the molecule is COc1cc(/C=C2\SC(=O)N(CC(=O)Nc3ccccc3F)C2=O)ccc1OCc1ccc(C(=O)O)o1. The topological polar surface area (TPSA) is 135 Å². The summed E-state index contributed by atoms with van der Waals surface area (Å²) in [5.74, 6) is -2.46. The van der Waals surface area contributed by atoms with E-state index in [2.05, 4.69) is 5.32 Å². The largest absolute Gasteiger partial charge is 0.493 e. The van der Waals surface area contributed by atoms with E-state index in [0.29, 0.717) is 34.6 Å². The van der Waals surface area contributed by atoms with Crippen LogP contribution in [0.3, 0.4) is 0 Å². The number of anilines is 1. The van der Waals surface area contributed by atoms with Gasteiger partial charge in [0, 0.05) is 0 Å². The summed E-state index contributed by atoms with van der Waals surface area (Å²) in [5.41, 5.74) is 0.468. The summed E-state index contributed by atoms with van der Waals surface area (Å²) < 4.78 is 29.9. The van der Waals surface area contributed by atoms with Crippen LogP contribution >= 0.6 is 11.8 Å². The molecule has 0 atom stereocenters. The summed E-state index contributed by atoms with van der Waals surface area (Å²) in [7, 11) is 1.42.